The molecule has 1 aliphatic heterocycles. The van der Waals surface area contributed by atoms with E-state index < -0.39 is 0 Å². The van der Waals surface area contributed by atoms with Gasteiger partial charge in [-0.15, -0.1) is 0 Å². The zero-order valence-corrected chi connectivity index (χ0v) is 11.6. The van der Waals surface area contributed by atoms with Crippen LogP contribution in [0.2, 0.25) is 0 Å². The number of nitrogens with one attached hydrogen (secondary N) is 1. The van der Waals surface area contributed by atoms with Gasteiger partial charge in [0.15, 0.2) is 0 Å². The van der Waals surface area contributed by atoms with Crippen LogP contribution >= 0.6 is 0 Å². The number of rotatable bonds is 4. The Morgan fingerprint density at radius 3 is 2.56 bits per heavy atom. The molecular formula is C14H24N2O2. The lowest BCUT2D eigenvalue weighted by atomic mass is 9.98. The van der Waals surface area contributed by atoms with Gasteiger partial charge in [0, 0.05) is 19.0 Å². The van der Waals surface area contributed by atoms with Crippen molar-refractivity contribution in [1.82, 2.24) is 10.2 Å². The second-order valence-corrected chi connectivity index (χ2v) is 5.79. The zero-order chi connectivity index (χ0) is 13.3. The van der Waals surface area contributed by atoms with E-state index >= 15 is 0 Å². The van der Waals surface area contributed by atoms with Crippen LogP contribution in [-0.4, -0.2) is 35.3 Å². The summed E-state index contributed by atoms with van der Waals surface area (Å²) in [6.07, 6.45) is 3.64. The van der Waals surface area contributed by atoms with Crippen molar-refractivity contribution >= 4 is 11.8 Å². The van der Waals surface area contributed by atoms with Gasteiger partial charge in [-0.2, -0.15) is 0 Å². The van der Waals surface area contributed by atoms with E-state index in [4.69, 9.17) is 0 Å². The van der Waals surface area contributed by atoms with Gasteiger partial charge in [0.1, 0.15) is 6.04 Å². The third-order valence-electron chi connectivity index (χ3n) is 4.50. The highest BCUT2D eigenvalue weighted by atomic mass is 16.2. The Labute approximate surface area is 109 Å². The van der Waals surface area contributed by atoms with Crippen molar-refractivity contribution in [2.75, 3.05) is 6.54 Å². The van der Waals surface area contributed by atoms with Crippen molar-refractivity contribution in [3.05, 3.63) is 0 Å². The molecule has 2 fully saturated rings. The molecule has 1 aliphatic carbocycles. The highest BCUT2D eigenvalue weighted by molar-refractivity contribution is 5.90. The van der Waals surface area contributed by atoms with Crippen LogP contribution in [0.3, 0.4) is 0 Å². The van der Waals surface area contributed by atoms with Gasteiger partial charge in [0.25, 0.3) is 0 Å². The molecule has 0 aromatic carbocycles. The lowest BCUT2D eigenvalue weighted by Gasteiger charge is -2.33. The molecule has 0 bridgehead atoms. The molecule has 3 atom stereocenters. The summed E-state index contributed by atoms with van der Waals surface area (Å²) >= 11 is 0. The first-order chi connectivity index (χ1) is 8.54. The first-order valence-corrected chi connectivity index (χ1v) is 7.14. The van der Waals surface area contributed by atoms with Gasteiger partial charge in [0.2, 0.25) is 11.8 Å². The molecule has 2 rings (SSSR count). The molecule has 102 valence electrons. The first kappa shape index (κ1) is 13.4. The molecule has 18 heavy (non-hydrogen) atoms. The zero-order valence-electron chi connectivity index (χ0n) is 11.6. The molecule has 1 heterocycles. The van der Waals surface area contributed by atoms with Gasteiger partial charge in [0.05, 0.1) is 0 Å². The molecule has 1 saturated heterocycles. The molecule has 3 unspecified atom stereocenters. The second-order valence-electron chi connectivity index (χ2n) is 5.79. The van der Waals surface area contributed by atoms with E-state index in [-0.39, 0.29) is 23.9 Å². The highest BCUT2D eigenvalue weighted by Crippen LogP contribution is 2.34. The standard InChI is InChI=1S/C14H24N2O2/c1-4-9(2)10(3)16-8-7-12(17)15-13(14(16)18)11-5-6-11/h9-11,13H,4-8H2,1-3H3,(H,15,17). The normalized spacial score (nSPS) is 28.6. The summed E-state index contributed by atoms with van der Waals surface area (Å²) in [6, 6.07) is -0.0389. The largest absolute Gasteiger partial charge is 0.344 e. The van der Waals surface area contributed by atoms with Crippen molar-refractivity contribution in [3.8, 4) is 0 Å². The molecule has 0 aromatic heterocycles. The number of amides is 2. The minimum Gasteiger partial charge on any atom is -0.344 e. The number of hydrogen-bond acceptors (Lipinski definition) is 2. The van der Waals surface area contributed by atoms with Crippen LogP contribution < -0.4 is 5.32 Å². The maximum atomic E-state index is 12.5. The van der Waals surface area contributed by atoms with E-state index in [0.717, 1.165) is 19.3 Å². The smallest absolute Gasteiger partial charge is 0.245 e. The molecular weight excluding hydrogens is 228 g/mol. The lowest BCUT2D eigenvalue weighted by Crippen LogP contribution is -2.50. The van der Waals surface area contributed by atoms with Crippen molar-refractivity contribution in [3.63, 3.8) is 0 Å². The molecule has 0 radical (unpaired) electrons. The maximum absolute atomic E-state index is 12.5. The van der Waals surface area contributed by atoms with E-state index in [2.05, 4.69) is 26.1 Å². The van der Waals surface area contributed by atoms with Gasteiger partial charge < -0.3 is 10.2 Å². The average molecular weight is 252 g/mol. The molecule has 4 nitrogen and oxygen atoms in total. The first-order valence-electron chi connectivity index (χ1n) is 7.14. The SMILES string of the molecule is CCC(C)C(C)N1CCC(=O)NC(C2CC2)C1=O. The van der Waals surface area contributed by atoms with Gasteiger partial charge in [-0.25, -0.2) is 0 Å². The van der Waals surface area contributed by atoms with Crippen LogP contribution in [0.4, 0.5) is 0 Å². The topological polar surface area (TPSA) is 49.4 Å². The van der Waals surface area contributed by atoms with Crippen LogP contribution in [-0.2, 0) is 9.59 Å². The third-order valence-corrected chi connectivity index (χ3v) is 4.50. The quantitative estimate of drug-likeness (QED) is 0.825. The fourth-order valence-electron chi connectivity index (χ4n) is 2.62. The number of carbonyl (C=O) groups is 2. The predicted octanol–water partition coefficient (Wildman–Crippen LogP) is 1.55. The Balaban J connectivity index is 2.12. The average Bonchev–Trinajstić information content (AvgIpc) is 3.17. The molecule has 1 saturated carbocycles. The van der Waals surface area contributed by atoms with Gasteiger partial charge in [-0.05, 0) is 31.6 Å². The fraction of sp³-hybridized carbons (Fsp3) is 0.857. The molecule has 4 heteroatoms. The Bertz CT molecular complexity index is 339. The molecule has 2 amide bonds. The molecule has 2 aliphatic rings. The minimum absolute atomic E-state index is 0.0269. The third kappa shape index (κ3) is 2.68. The van der Waals surface area contributed by atoms with Crippen LogP contribution in [0, 0.1) is 11.8 Å². The fourth-order valence-corrected chi connectivity index (χ4v) is 2.62. The Morgan fingerprint density at radius 1 is 1.33 bits per heavy atom. The summed E-state index contributed by atoms with van der Waals surface area (Å²) in [5, 5.41) is 2.90. The summed E-state index contributed by atoms with van der Waals surface area (Å²) < 4.78 is 0. The second kappa shape index (κ2) is 5.29. The Kier molecular flexibility index (Phi) is 3.93. The summed E-state index contributed by atoms with van der Waals surface area (Å²) in [5.41, 5.74) is 0. The monoisotopic (exact) mass is 252 g/mol. The number of carbonyl (C=O) groups excluding carboxylic acids is 2. The van der Waals surface area contributed by atoms with Crippen molar-refractivity contribution in [1.29, 1.82) is 0 Å². The van der Waals surface area contributed by atoms with Gasteiger partial charge in [-0.3, -0.25) is 9.59 Å². The van der Waals surface area contributed by atoms with Crippen molar-refractivity contribution < 1.29 is 9.59 Å². The summed E-state index contributed by atoms with van der Waals surface area (Å²) in [7, 11) is 0. The predicted molar refractivity (Wildman–Crippen MR) is 69.9 cm³/mol. The number of hydrogen-bond donors (Lipinski definition) is 1. The van der Waals surface area contributed by atoms with E-state index in [1.54, 1.807) is 0 Å². The van der Waals surface area contributed by atoms with E-state index in [0.29, 0.717) is 24.8 Å². The van der Waals surface area contributed by atoms with E-state index in [9.17, 15) is 9.59 Å². The highest BCUT2D eigenvalue weighted by Gasteiger charge is 2.42. The molecule has 0 spiro atoms. The Morgan fingerprint density at radius 2 is 2.00 bits per heavy atom. The minimum atomic E-state index is -0.258. The van der Waals surface area contributed by atoms with Crippen molar-refractivity contribution in [2.45, 2.75) is 58.5 Å². The van der Waals surface area contributed by atoms with Gasteiger partial charge in [-0.1, -0.05) is 20.3 Å². The molecule has 1 N–H and O–H groups in total. The van der Waals surface area contributed by atoms with Crippen LogP contribution in [0.15, 0.2) is 0 Å². The van der Waals surface area contributed by atoms with Crippen molar-refractivity contribution in [2.24, 2.45) is 11.8 Å². The lowest BCUT2D eigenvalue weighted by molar-refractivity contribution is -0.136. The Hall–Kier alpha value is -1.06. The van der Waals surface area contributed by atoms with E-state index in [1.807, 2.05) is 4.90 Å². The number of nitrogens with zero attached hydrogens (tertiary/aromatic N) is 1. The molecule has 0 aromatic rings. The van der Waals surface area contributed by atoms with E-state index in [1.165, 1.54) is 0 Å². The van der Waals surface area contributed by atoms with Crippen LogP contribution in [0.1, 0.15) is 46.5 Å². The summed E-state index contributed by atoms with van der Waals surface area (Å²) in [4.78, 5) is 26.2. The maximum Gasteiger partial charge on any atom is 0.245 e. The van der Waals surface area contributed by atoms with Gasteiger partial charge >= 0.3 is 0 Å². The summed E-state index contributed by atoms with van der Waals surface area (Å²) in [5.74, 6) is 1.02. The summed E-state index contributed by atoms with van der Waals surface area (Å²) in [6.45, 7) is 6.99. The van der Waals surface area contributed by atoms with Crippen LogP contribution in [0.25, 0.3) is 0 Å². The van der Waals surface area contributed by atoms with Crippen LogP contribution in [0.5, 0.6) is 0 Å².